The Morgan fingerprint density at radius 3 is 2.39 bits per heavy atom. The van der Waals surface area contributed by atoms with E-state index in [2.05, 4.69) is 5.32 Å². The Kier molecular flexibility index (Phi) is 5.16. The molecule has 5 heteroatoms. The Hall–Kier alpha value is -1.07. The molecule has 0 fully saturated rings. The van der Waals surface area contributed by atoms with E-state index in [9.17, 15) is 13.2 Å². The van der Waals surface area contributed by atoms with E-state index < -0.39 is 17.8 Å². The van der Waals surface area contributed by atoms with Gasteiger partial charge >= 0.3 is 6.18 Å². The maximum atomic E-state index is 12.9. The molecule has 18 heavy (non-hydrogen) atoms. The second-order valence-corrected chi connectivity index (χ2v) is 4.06. The predicted molar refractivity (Wildman–Crippen MR) is 64.3 cm³/mol. The molecule has 0 aromatic heterocycles. The number of hydrogen-bond donors (Lipinski definition) is 1. The fraction of sp³-hybridized carbons (Fsp3) is 0.538. The lowest BCUT2D eigenvalue weighted by Crippen LogP contribution is -2.33. The van der Waals surface area contributed by atoms with Gasteiger partial charge in [0.15, 0.2) is 0 Å². The lowest BCUT2D eigenvalue weighted by molar-refractivity contribution is -0.138. The van der Waals surface area contributed by atoms with Crippen molar-refractivity contribution in [1.29, 1.82) is 0 Å². The molecule has 0 aliphatic rings. The fourth-order valence-electron chi connectivity index (χ4n) is 1.91. The van der Waals surface area contributed by atoms with Gasteiger partial charge in [-0.15, -0.1) is 0 Å². The maximum Gasteiger partial charge on any atom is 0.416 e. The molecule has 0 saturated carbocycles. The first-order chi connectivity index (χ1) is 8.41. The molecule has 0 radical (unpaired) electrons. The Morgan fingerprint density at radius 1 is 1.28 bits per heavy atom. The Bertz CT molecular complexity index is 379. The van der Waals surface area contributed by atoms with Crippen LogP contribution in [0.1, 0.15) is 31.0 Å². The van der Waals surface area contributed by atoms with Crippen LogP contribution in [0.2, 0.25) is 0 Å². The van der Waals surface area contributed by atoms with Crippen LogP contribution >= 0.6 is 0 Å². The van der Waals surface area contributed by atoms with Gasteiger partial charge in [-0.2, -0.15) is 13.2 Å². The highest BCUT2D eigenvalue weighted by atomic mass is 19.4. The average molecular weight is 261 g/mol. The minimum absolute atomic E-state index is 0.223. The number of methoxy groups -OCH3 is 1. The molecule has 1 aromatic rings. The first kappa shape index (κ1) is 15.0. The van der Waals surface area contributed by atoms with E-state index in [0.29, 0.717) is 6.54 Å². The van der Waals surface area contributed by atoms with Gasteiger partial charge in [0.25, 0.3) is 0 Å². The van der Waals surface area contributed by atoms with Gasteiger partial charge in [0.2, 0.25) is 0 Å². The first-order valence-corrected chi connectivity index (χ1v) is 5.84. The number of nitrogens with one attached hydrogen (secondary N) is 1. The van der Waals surface area contributed by atoms with Crippen molar-refractivity contribution in [2.24, 2.45) is 0 Å². The molecule has 0 saturated heterocycles. The summed E-state index contributed by atoms with van der Waals surface area (Å²) in [6.45, 7) is 4.18. The van der Waals surface area contributed by atoms with Crippen molar-refractivity contribution in [2.45, 2.75) is 32.2 Å². The number of alkyl halides is 3. The van der Waals surface area contributed by atoms with Crippen molar-refractivity contribution in [3.8, 4) is 0 Å². The van der Waals surface area contributed by atoms with E-state index in [0.717, 1.165) is 6.07 Å². The van der Waals surface area contributed by atoms with E-state index in [1.54, 1.807) is 13.0 Å². The standard InChI is InChI=1S/C13H18F3NO/c1-4-17-12(9(2)18-3)10-7-5-6-8-11(10)13(14,15)16/h5-9,12,17H,4H2,1-3H3. The molecule has 2 nitrogen and oxygen atoms in total. The predicted octanol–water partition coefficient (Wildman–Crippen LogP) is 3.39. The molecule has 0 spiro atoms. The largest absolute Gasteiger partial charge is 0.416 e. The molecule has 102 valence electrons. The van der Waals surface area contributed by atoms with Gasteiger partial charge in [-0.3, -0.25) is 0 Å². The Labute approximate surface area is 105 Å². The maximum absolute atomic E-state index is 12.9. The Morgan fingerprint density at radius 2 is 1.89 bits per heavy atom. The van der Waals surface area contributed by atoms with Crippen LogP contribution in [-0.2, 0) is 10.9 Å². The summed E-state index contributed by atoms with van der Waals surface area (Å²) in [6.07, 6.45) is -4.69. The van der Waals surface area contributed by atoms with Crippen LogP contribution in [-0.4, -0.2) is 19.8 Å². The zero-order valence-corrected chi connectivity index (χ0v) is 10.7. The van der Waals surface area contributed by atoms with E-state index in [1.165, 1.54) is 19.2 Å². The Balaban J connectivity index is 3.19. The molecule has 0 heterocycles. The van der Waals surface area contributed by atoms with Gasteiger partial charge in [0, 0.05) is 7.11 Å². The SMILES string of the molecule is CCNC(c1ccccc1C(F)(F)F)C(C)OC. The minimum atomic E-state index is -4.35. The second-order valence-electron chi connectivity index (χ2n) is 4.06. The summed E-state index contributed by atoms with van der Waals surface area (Å²) in [4.78, 5) is 0. The number of benzene rings is 1. The van der Waals surface area contributed by atoms with Crippen LogP contribution in [0.15, 0.2) is 24.3 Å². The topological polar surface area (TPSA) is 21.3 Å². The second kappa shape index (κ2) is 6.20. The number of halogens is 3. The lowest BCUT2D eigenvalue weighted by Gasteiger charge is -2.26. The molecule has 2 atom stereocenters. The van der Waals surface area contributed by atoms with Crippen molar-refractivity contribution in [2.75, 3.05) is 13.7 Å². The van der Waals surface area contributed by atoms with Crippen molar-refractivity contribution in [3.63, 3.8) is 0 Å². The van der Waals surface area contributed by atoms with Crippen molar-refractivity contribution in [1.82, 2.24) is 5.32 Å². The minimum Gasteiger partial charge on any atom is -0.380 e. The average Bonchev–Trinajstić information content (AvgIpc) is 2.34. The summed E-state index contributed by atoms with van der Waals surface area (Å²) in [5.41, 5.74) is -0.388. The van der Waals surface area contributed by atoms with Crippen LogP contribution in [0.3, 0.4) is 0 Å². The van der Waals surface area contributed by atoms with Crippen LogP contribution in [0.5, 0.6) is 0 Å². The molecule has 0 aliphatic heterocycles. The van der Waals surface area contributed by atoms with E-state index in [1.807, 2.05) is 6.92 Å². The summed E-state index contributed by atoms with van der Waals surface area (Å²) >= 11 is 0. The van der Waals surface area contributed by atoms with Crippen molar-refractivity contribution in [3.05, 3.63) is 35.4 Å². The lowest BCUT2D eigenvalue weighted by atomic mass is 9.96. The molecule has 0 amide bonds. The summed E-state index contributed by atoms with van der Waals surface area (Å²) in [5.74, 6) is 0. The molecule has 0 aliphatic carbocycles. The summed E-state index contributed by atoms with van der Waals surface area (Å²) < 4.78 is 44.0. The molecule has 0 bridgehead atoms. The monoisotopic (exact) mass is 261 g/mol. The molecular weight excluding hydrogens is 243 g/mol. The summed E-state index contributed by atoms with van der Waals surface area (Å²) in [6, 6.07) is 5.12. The van der Waals surface area contributed by atoms with Gasteiger partial charge in [0.1, 0.15) is 0 Å². The van der Waals surface area contributed by atoms with Gasteiger partial charge in [-0.25, -0.2) is 0 Å². The highest BCUT2D eigenvalue weighted by molar-refractivity contribution is 5.33. The van der Waals surface area contributed by atoms with Gasteiger partial charge < -0.3 is 10.1 Å². The van der Waals surface area contributed by atoms with Crippen molar-refractivity contribution < 1.29 is 17.9 Å². The molecular formula is C13H18F3NO. The molecule has 1 N–H and O–H groups in total. The van der Waals surface area contributed by atoms with Gasteiger partial charge in [-0.05, 0) is 25.1 Å². The highest BCUT2D eigenvalue weighted by Gasteiger charge is 2.35. The summed E-state index contributed by atoms with van der Waals surface area (Å²) in [5, 5.41) is 3.04. The smallest absolute Gasteiger partial charge is 0.380 e. The highest BCUT2D eigenvalue weighted by Crippen LogP contribution is 2.35. The van der Waals surface area contributed by atoms with E-state index in [4.69, 9.17) is 4.74 Å². The first-order valence-electron chi connectivity index (χ1n) is 5.84. The molecule has 1 rings (SSSR count). The van der Waals surface area contributed by atoms with Crippen LogP contribution in [0.4, 0.5) is 13.2 Å². The zero-order valence-electron chi connectivity index (χ0n) is 10.7. The van der Waals surface area contributed by atoms with Crippen molar-refractivity contribution >= 4 is 0 Å². The number of ether oxygens (including phenoxy) is 1. The third kappa shape index (κ3) is 3.46. The quantitative estimate of drug-likeness (QED) is 0.877. The number of rotatable bonds is 5. The molecule has 1 aromatic carbocycles. The molecule has 2 unspecified atom stereocenters. The van der Waals surface area contributed by atoms with E-state index >= 15 is 0 Å². The number of likely N-dealkylation sites (N-methyl/N-ethyl adjacent to an activating group) is 1. The van der Waals surface area contributed by atoms with Crippen LogP contribution in [0.25, 0.3) is 0 Å². The normalized spacial score (nSPS) is 15.4. The third-order valence-corrected chi connectivity index (χ3v) is 2.87. The summed E-state index contributed by atoms with van der Waals surface area (Å²) in [7, 11) is 1.49. The van der Waals surface area contributed by atoms with Gasteiger partial charge in [-0.1, -0.05) is 25.1 Å². The van der Waals surface area contributed by atoms with E-state index in [-0.39, 0.29) is 11.7 Å². The number of hydrogen-bond acceptors (Lipinski definition) is 2. The van der Waals surface area contributed by atoms with Gasteiger partial charge in [0.05, 0.1) is 17.7 Å². The zero-order chi connectivity index (χ0) is 13.8. The fourth-order valence-corrected chi connectivity index (χ4v) is 1.91. The van der Waals surface area contributed by atoms with Crippen LogP contribution in [0, 0.1) is 0 Å². The third-order valence-electron chi connectivity index (χ3n) is 2.87. The van der Waals surface area contributed by atoms with Crippen LogP contribution < -0.4 is 5.32 Å².